The maximum absolute atomic E-state index is 0. The van der Waals surface area contributed by atoms with Crippen LogP contribution in [0.1, 0.15) is 0 Å². The molecule has 6 heteroatoms. The molecule has 1 radical (unpaired) electrons. The number of hydrogen-bond acceptors (Lipinski definition) is 0. The molecule has 0 N–H and O–H groups in total. The molecule has 0 rings (SSSR count). The second kappa shape index (κ2) is 52.6. The van der Waals surface area contributed by atoms with E-state index in [1.165, 1.54) is 0 Å². The SMILES string of the molecule is [Fe+2].[Mn+2].[O-2].[O-2].[O-2].[Sr+2]. The molecule has 0 aromatic carbocycles. The van der Waals surface area contributed by atoms with E-state index in [1.807, 2.05) is 0 Å². The van der Waals surface area contributed by atoms with Crippen LogP contribution in [0.25, 0.3) is 0 Å². The van der Waals surface area contributed by atoms with Crippen molar-refractivity contribution in [2.75, 3.05) is 0 Å². The minimum atomic E-state index is 0. The summed E-state index contributed by atoms with van der Waals surface area (Å²) >= 11 is 0. The zero-order valence-electron chi connectivity index (χ0n) is 2.66. The van der Waals surface area contributed by atoms with Gasteiger partial charge in [0.05, 0.1) is 0 Å². The van der Waals surface area contributed by atoms with Gasteiger partial charge in [-0.05, 0) is 0 Å². The van der Waals surface area contributed by atoms with Crippen molar-refractivity contribution in [2.45, 2.75) is 0 Å². The van der Waals surface area contributed by atoms with Crippen molar-refractivity contribution < 1.29 is 50.6 Å². The summed E-state index contributed by atoms with van der Waals surface area (Å²) in [4.78, 5) is 0. The summed E-state index contributed by atoms with van der Waals surface area (Å²) < 4.78 is 0. The van der Waals surface area contributed by atoms with Gasteiger partial charge < -0.3 is 16.4 Å². The Morgan fingerprint density at radius 2 is 0.667 bits per heavy atom. The van der Waals surface area contributed by atoms with Gasteiger partial charge in [0, 0.05) is 0 Å². The standard InChI is InChI=1S/Fe.Mn.3O.Sr/q2*+2;3*-2;+2. The first-order valence-electron chi connectivity index (χ1n) is 0. The van der Waals surface area contributed by atoms with E-state index in [0.717, 1.165) is 0 Å². The molecule has 0 saturated heterocycles. The third-order valence-electron chi connectivity index (χ3n) is 0. The van der Waals surface area contributed by atoms with E-state index < -0.39 is 0 Å². The molecule has 0 aromatic heterocycles. The maximum atomic E-state index is 0. The third kappa shape index (κ3) is 32.4. The number of rotatable bonds is 0. The Bertz CT molecular complexity index is 10.8. The van der Waals surface area contributed by atoms with Crippen LogP contribution in [0.4, 0.5) is 0 Å². The van der Waals surface area contributed by atoms with Crippen LogP contribution in [0, 0.1) is 0 Å². The van der Waals surface area contributed by atoms with Crippen molar-refractivity contribution in [2.24, 2.45) is 0 Å². The molecule has 0 spiro atoms. The quantitative estimate of drug-likeness (QED) is 0.504. The fraction of sp³-hybridized carbons (Fsp3) is 0. The van der Waals surface area contributed by atoms with Gasteiger partial charge in [0.15, 0.2) is 0 Å². The molecule has 0 aliphatic carbocycles. The fourth-order valence-corrected chi connectivity index (χ4v) is 0. The molecule has 0 saturated carbocycles. The Kier molecular flexibility index (Phi) is 701. The summed E-state index contributed by atoms with van der Waals surface area (Å²) in [6, 6.07) is 0. The van der Waals surface area contributed by atoms with Crippen LogP contribution in [0.5, 0.6) is 0 Å². The minimum Gasteiger partial charge on any atom is -2.00 e. The van der Waals surface area contributed by atoms with Crippen molar-refractivity contribution in [3.05, 3.63) is 0 Å². The second-order valence-corrected chi connectivity index (χ2v) is 0. The molecule has 0 fully saturated rings. The first-order chi connectivity index (χ1) is 0. The molecule has 0 aromatic rings. The molecule has 0 atom stereocenters. The third-order valence-corrected chi connectivity index (χ3v) is 0. The van der Waals surface area contributed by atoms with E-state index in [1.54, 1.807) is 0 Å². The van der Waals surface area contributed by atoms with Gasteiger partial charge in [0.1, 0.15) is 0 Å². The Hall–Kier alpha value is 2.40. The minimum absolute atomic E-state index is 0. The molecule has 0 unspecified atom stereocenters. The van der Waals surface area contributed by atoms with Crippen molar-refractivity contribution in [3.8, 4) is 0 Å². The summed E-state index contributed by atoms with van der Waals surface area (Å²) in [5, 5.41) is 0. The van der Waals surface area contributed by atoms with Gasteiger partial charge in [0.2, 0.25) is 0 Å². The Balaban J connectivity index is 0. The topological polar surface area (TPSA) is 85.5 Å². The van der Waals surface area contributed by atoms with Gasteiger partial charge in [-0.3, -0.25) is 0 Å². The van der Waals surface area contributed by atoms with Gasteiger partial charge in [-0.15, -0.1) is 0 Å². The summed E-state index contributed by atoms with van der Waals surface area (Å²) in [5.41, 5.74) is 0. The monoisotopic (exact) mass is 247 g/mol. The summed E-state index contributed by atoms with van der Waals surface area (Å²) in [7, 11) is 0. The molecule has 6 heavy (non-hydrogen) atoms. The maximum Gasteiger partial charge on any atom is 2.00 e. The molecule has 0 bridgehead atoms. The van der Waals surface area contributed by atoms with Crippen LogP contribution in [0.2, 0.25) is 0 Å². The smallest absolute Gasteiger partial charge is 2.00 e. The molecular weight excluding hydrogens is 246 g/mol. The molecule has 3 nitrogen and oxygen atoms in total. The van der Waals surface area contributed by atoms with Gasteiger partial charge in [-0.2, -0.15) is 0 Å². The average Bonchev–Trinajstić information content (AvgIpc) is 0. The first kappa shape index (κ1) is 79.9. The molecule has 35 valence electrons. The zero-order valence-corrected chi connectivity index (χ0v) is 8.42. The predicted octanol–water partition coefficient (Wildman–Crippen LogP) is -0.742. The van der Waals surface area contributed by atoms with Gasteiger partial charge in [0.25, 0.3) is 0 Å². The summed E-state index contributed by atoms with van der Waals surface area (Å²) in [6.07, 6.45) is 0. The van der Waals surface area contributed by atoms with Crippen LogP contribution in [0.3, 0.4) is 0 Å². The summed E-state index contributed by atoms with van der Waals surface area (Å²) in [6.45, 7) is 0. The Labute approximate surface area is 94.4 Å². The number of hydrogen-bond donors (Lipinski definition) is 0. The van der Waals surface area contributed by atoms with Crippen molar-refractivity contribution >= 4 is 45.5 Å². The van der Waals surface area contributed by atoms with Crippen molar-refractivity contribution in [3.63, 3.8) is 0 Å². The Morgan fingerprint density at radius 3 is 0.667 bits per heavy atom. The van der Waals surface area contributed by atoms with Gasteiger partial charge in [-0.1, -0.05) is 0 Å². The van der Waals surface area contributed by atoms with E-state index in [0.29, 0.717) is 0 Å². The average molecular weight is 246 g/mol. The zero-order chi connectivity index (χ0) is 0. The van der Waals surface area contributed by atoms with Gasteiger partial charge in [-0.25, -0.2) is 0 Å². The first-order valence-corrected chi connectivity index (χ1v) is 0. The van der Waals surface area contributed by atoms with E-state index >= 15 is 0 Å². The molecule has 0 amide bonds. The molecule has 0 heterocycles. The van der Waals surface area contributed by atoms with Crippen LogP contribution >= 0.6 is 0 Å². The largest absolute Gasteiger partial charge is 2.00 e. The van der Waals surface area contributed by atoms with E-state index in [-0.39, 0.29) is 96.0 Å². The second-order valence-electron chi connectivity index (χ2n) is 0. The van der Waals surface area contributed by atoms with Crippen LogP contribution in [-0.4, -0.2) is 45.5 Å². The molecule has 0 aliphatic rings. The van der Waals surface area contributed by atoms with E-state index in [4.69, 9.17) is 0 Å². The molecular formula is FeMnO3Sr. The van der Waals surface area contributed by atoms with Crippen LogP contribution < -0.4 is 0 Å². The van der Waals surface area contributed by atoms with Crippen molar-refractivity contribution in [1.82, 2.24) is 0 Å². The normalized spacial score (nSPS) is 0. The Morgan fingerprint density at radius 1 is 0.667 bits per heavy atom. The van der Waals surface area contributed by atoms with Crippen molar-refractivity contribution in [1.29, 1.82) is 0 Å². The van der Waals surface area contributed by atoms with E-state index in [2.05, 4.69) is 0 Å². The summed E-state index contributed by atoms with van der Waals surface area (Å²) in [5.74, 6) is 0. The predicted molar refractivity (Wildman–Crippen MR) is 7.81 cm³/mol. The van der Waals surface area contributed by atoms with Crippen LogP contribution in [0.15, 0.2) is 0 Å². The molecule has 0 aliphatic heterocycles. The van der Waals surface area contributed by atoms with Gasteiger partial charge >= 0.3 is 79.6 Å². The van der Waals surface area contributed by atoms with E-state index in [9.17, 15) is 0 Å². The fourth-order valence-electron chi connectivity index (χ4n) is 0. The van der Waals surface area contributed by atoms with Crippen LogP contribution in [-0.2, 0) is 50.6 Å².